The highest BCUT2D eigenvalue weighted by Gasteiger charge is 2.10. The molecule has 1 aromatic heterocycles. The number of rotatable bonds is 2. The smallest absolute Gasteiger partial charge is 0.170 e. The summed E-state index contributed by atoms with van der Waals surface area (Å²) in [5.41, 5.74) is 5.55. The van der Waals surface area contributed by atoms with Crippen LogP contribution in [-0.2, 0) is 0 Å². The summed E-state index contributed by atoms with van der Waals surface area (Å²) in [5, 5.41) is 4.00. The van der Waals surface area contributed by atoms with Crippen LogP contribution in [0.1, 0.15) is 52.8 Å². The summed E-state index contributed by atoms with van der Waals surface area (Å²) in [7, 11) is 0. The van der Waals surface area contributed by atoms with Crippen LogP contribution in [0.5, 0.6) is 0 Å². The molecule has 2 heteroatoms. The number of aryl methyl sites for hydroxylation is 1. The Bertz CT molecular complexity index is 682. The van der Waals surface area contributed by atoms with Crippen molar-refractivity contribution in [3.05, 3.63) is 65.9 Å². The van der Waals surface area contributed by atoms with Gasteiger partial charge in [-0.25, -0.2) is 0 Å². The Morgan fingerprint density at radius 2 is 1.04 bits per heavy atom. The van der Waals surface area contributed by atoms with E-state index in [0.717, 1.165) is 22.6 Å². The average molecular weight is 340 g/mol. The SMILES string of the molecule is CC.CC.CC.Cc1noc(-c2ccc(-c3ccccc3)cc2)c1C. The van der Waals surface area contributed by atoms with Crippen molar-refractivity contribution in [1.82, 2.24) is 5.16 Å². The molecule has 0 spiro atoms. The van der Waals surface area contributed by atoms with Gasteiger partial charge in [0.15, 0.2) is 5.76 Å². The van der Waals surface area contributed by atoms with Crippen LogP contribution in [0.15, 0.2) is 59.1 Å². The zero-order valence-corrected chi connectivity index (χ0v) is 17.1. The van der Waals surface area contributed by atoms with Gasteiger partial charge in [-0.05, 0) is 25.0 Å². The van der Waals surface area contributed by atoms with E-state index in [-0.39, 0.29) is 0 Å². The third-order valence-electron chi connectivity index (χ3n) is 3.41. The molecule has 25 heavy (non-hydrogen) atoms. The van der Waals surface area contributed by atoms with Crippen LogP contribution in [0.25, 0.3) is 22.5 Å². The first-order valence-corrected chi connectivity index (χ1v) is 9.34. The summed E-state index contributed by atoms with van der Waals surface area (Å²) in [6.07, 6.45) is 0. The van der Waals surface area contributed by atoms with Gasteiger partial charge in [-0.3, -0.25) is 0 Å². The predicted octanol–water partition coefficient (Wildman–Crippen LogP) is 7.70. The molecule has 0 aliphatic rings. The van der Waals surface area contributed by atoms with E-state index < -0.39 is 0 Å². The Kier molecular flexibility index (Phi) is 11.8. The molecule has 0 aliphatic heterocycles. The first-order chi connectivity index (χ1) is 12.3. The van der Waals surface area contributed by atoms with Gasteiger partial charge in [0, 0.05) is 11.1 Å². The molecule has 0 radical (unpaired) electrons. The van der Waals surface area contributed by atoms with Gasteiger partial charge in [0.25, 0.3) is 0 Å². The summed E-state index contributed by atoms with van der Waals surface area (Å²) in [5.74, 6) is 0.858. The van der Waals surface area contributed by atoms with Crippen molar-refractivity contribution >= 4 is 0 Å². The lowest BCUT2D eigenvalue weighted by molar-refractivity contribution is 0.427. The summed E-state index contributed by atoms with van der Waals surface area (Å²) < 4.78 is 5.38. The van der Waals surface area contributed by atoms with Crippen molar-refractivity contribution in [2.24, 2.45) is 0 Å². The van der Waals surface area contributed by atoms with Crippen LogP contribution >= 0.6 is 0 Å². The molecule has 0 saturated heterocycles. The van der Waals surface area contributed by atoms with Gasteiger partial charge in [0.1, 0.15) is 0 Å². The van der Waals surface area contributed by atoms with E-state index in [1.807, 2.05) is 73.6 Å². The second kappa shape index (κ2) is 13.0. The van der Waals surface area contributed by atoms with Gasteiger partial charge < -0.3 is 4.52 Å². The highest BCUT2D eigenvalue weighted by Crippen LogP contribution is 2.28. The van der Waals surface area contributed by atoms with E-state index in [0.29, 0.717) is 0 Å². The van der Waals surface area contributed by atoms with E-state index in [2.05, 4.69) is 41.6 Å². The molecule has 136 valence electrons. The molecule has 1 heterocycles. The molecule has 0 aliphatic carbocycles. The molecular formula is C23H33NO. The van der Waals surface area contributed by atoms with Gasteiger partial charge in [-0.15, -0.1) is 0 Å². The van der Waals surface area contributed by atoms with Crippen molar-refractivity contribution in [2.75, 3.05) is 0 Å². The lowest BCUT2D eigenvalue weighted by Gasteiger charge is -2.03. The van der Waals surface area contributed by atoms with Crippen molar-refractivity contribution in [1.29, 1.82) is 0 Å². The number of nitrogens with zero attached hydrogens (tertiary/aromatic N) is 1. The minimum absolute atomic E-state index is 0.858. The largest absolute Gasteiger partial charge is 0.356 e. The molecule has 0 saturated carbocycles. The van der Waals surface area contributed by atoms with Crippen LogP contribution in [0.2, 0.25) is 0 Å². The zero-order valence-electron chi connectivity index (χ0n) is 17.1. The van der Waals surface area contributed by atoms with Crippen molar-refractivity contribution in [2.45, 2.75) is 55.4 Å². The number of hydrogen-bond acceptors (Lipinski definition) is 2. The highest BCUT2D eigenvalue weighted by atomic mass is 16.5. The summed E-state index contributed by atoms with van der Waals surface area (Å²) >= 11 is 0. The Morgan fingerprint density at radius 3 is 1.48 bits per heavy atom. The van der Waals surface area contributed by atoms with Gasteiger partial charge >= 0.3 is 0 Å². The fourth-order valence-electron chi connectivity index (χ4n) is 2.13. The molecule has 0 N–H and O–H groups in total. The first kappa shape index (κ1) is 22.7. The molecule has 0 fully saturated rings. The molecule has 2 aromatic carbocycles. The average Bonchev–Trinajstić information content (AvgIpc) is 3.06. The molecule has 0 amide bonds. The van der Waals surface area contributed by atoms with Crippen molar-refractivity contribution in [3.63, 3.8) is 0 Å². The normalized spacial score (nSPS) is 8.80. The minimum Gasteiger partial charge on any atom is -0.356 e. The quantitative estimate of drug-likeness (QED) is 0.478. The monoisotopic (exact) mass is 339 g/mol. The fraction of sp³-hybridized carbons (Fsp3) is 0.348. The Hall–Kier alpha value is -2.35. The predicted molar refractivity (Wildman–Crippen MR) is 111 cm³/mol. The van der Waals surface area contributed by atoms with Gasteiger partial charge in [0.05, 0.1) is 5.69 Å². The van der Waals surface area contributed by atoms with E-state index >= 15 is 0 Å². The molecule has 2 nitrogen and oxygen atoms in total. The maximum Gasteiger partial charge on any atom is 0.170 e. The Balaban J connectivity index is 0.000000871. The van der Waals surface area contributed by atoms with E-state index in [9.17, 15) is 0 Å². The topological polar surface area (TPSA) is 26.0 Å². The molecule has 3 aromatic rings. The van der Waals surface area contributed by atoms with Crippen molar-refractivity contribution < 1.29 is 4.52 Å². The van der Waals surface area contributed by atoms with Gasteiger partial charge in [0.2, 0.25) is 0 Å². The standard InChI is InChI=1S/C17H15NO.3C2H6/c1-12-13(2)18-19-17(12)16-10-8-15(9-11-16)14-6-4-3-5-7-14;3*1-2/h3-11H,1-2H3;3*1-2H3. The van der Waals surface area contributed by atoms with E-state index in [1.165, 1.54) is 11.1 Å². The van der Waals surface area contributed by atoms with Crippen LogP contribution in [0.3, 0.4) is 0 Å². The third kappa shape index (κ3) is 6.22. The molecule has 0 bridgehead atoms. The minimum atomic E-state index is 0.858. The second-order valence-corrected chi connectivity index (χ2v) is 4.67. The van der Waals surface area contributed by atoms with Gasteiger partial charge in [-0.1, -0.05) is 101 Å². The lowest BCUT2D eigenvalue weighted by atomic mass is 10.0. The lowest BCUT2D eigenvalue weighted by Crippen LogP contribution is -1.81. The maximum atomic E-state index is 5.38. The number of aromatic nitrogens is 1. The highest BCUT2D eigenvalue weighted by molar-refractivity contribution is 5.69. The second-order valence-electron chi connectivity index (χ2n) is 4.67. The number of hydrogen-bond donors (Lipinski definition) is 0. The first-order valence-electron chi connectivity index (χ1n) is 9.34. The van der Waals surface area contributed by atoms with Gasteiger partial charge in [-0.2, -0.15) is 0 Å². The summed E-state index contributed by atoms with van der Waals surface area (Å²) in [6.45, 7) is 16.0. The van der Waals surface area contributed by atoms with Crippen LogP contribution in [0, 0.1) is 13.8 Å². The molecule has 0 unspecified atom stereocenters. The van der Waals surface area contributed by atoms with Crippen molar-refractivity contribution in [3.8, 4) is 22.5 Å². The maximum absolute atomic E-state index is 5.38. The van der Waals surface area contributed by atoms with E-state index in [4.69, 9.17) is 4.52 Å². The number of benzene rings is 2. The zero-order chi connectivity index (χ0) is 19.2. The summed E-state index contributed by atoms with van der Waals surface area (Å²) in [6, 6.07) is 18.7. The fourth-order valence-corrected chi connectivity index (χ4v) is 2.13. The Labute approximate surface area is 153 Å². The Morgan fingerprint density at radius 1 is 0.600 bits per heavy atom. The molecule has 3 rings (SSSR count). The van der Waals surface area contributed by atoms with Crippen LogP contribution in [-0.4, -0.2) is 5.16 Å². The van der Waals surface area contributed by atoms with Crippen LogP contribution in [0.4, 0.5) is 0 Å². The third-order valence-corrected chi connectivity index (χ3v) is 3.41. The van der Waals surface area contributed by atoms with Crippen LogP contribution < -0.4 is 0 Å². The molecule has 0 atom stereocenters. The molecular weight excluding hydrogens is 306 g/mol. The summed E-state index contributed by atoms with van der Waals surface area (Å²) in [4.78, 5) is 0. The van der Waals surface area contributed by atoms with E-state index in [1.54, 1.807) is 0 Å².